The number of fused-ring (bicyclic) bond motifs is 1. The molecule has 0 aliphatic heterocycles. The van der Waals surface area contributed by atoms with E-state index in [2.05, 4.69) is 15.3 Å². The molecule has 2 aromatic heterocycles. The summed E-state index contributed by atoms with van der Waals surface area (Å²) >= 11 is 1.54. The zero-order valence-corrected chi connectivity index (χ0v) is 13.8. The van der Waals surface area contributed by atoms with E-state index in [1.54, 1.807) is 35.2 Å². The Kier molecular flexibility index (Phi) is 3.74. The van der Waals surface area contributed by atoms with Gasteiger partial charge in [0.25, 0.3) is 5.91 Å². The molecule has 5 nitrogen and oxygen atoms in total. The van der Waals surface area contributed by atoms with E-state index in [0.29, 0.717) is 17.1 Å². The molecule has 0 saturated heterocycles. The summed E-state index contributed by atoms with van der Waals surface area (Å²) in [5.41, 5.74) is 12.6. The normalized spacial score (nSPS) is 12.8. The minimum absolute atomic E-state index is 0.238. The molecule has 1 aliphatic carbocycles. The predicted molar refractivity (Wildman–Crippen MR) is 96.2 cm³/mol. The maximum atomic E-state index is 12.5. The van der Waals surface area contributed by atoms with Crippen molar-refractivity contribution in [1.82, 2.24) is 9.97 Å². The SMILES string of the molecule is Nc1ccc(-c2cncs2)cc1NC(=O)c1ccc2c(n1)CCC2. The number of nitrogens with zero attached hydrogens (tertiary/aromatic N) is 2. The summed E-state index contributed by atoms with van der Waals surface area (Å²) in [6.45, 7) is 0. The topological polar surface area (TPSA) is 80.9 Å². The molecule has 0 fully saturated rings. The Hall–Kier alpha value is -2.73. The number of carbonyl (C=O) groups excluding carboxylic acids is 1. The van der Waals surface area contributed by atoms with Gasteiger partial charge >= 0.3 is 0 Å². The van der Waals surface area contributed by atoms with Crippen LogP contribution in [0.5, 0.6) is 0 Å². The number of benzene rings is 1. The largest absolute Gasteiger partial charge is 0.397 e. The second-order valence-electron chi connectivity index (χ2n) is 5.78. The fourth-order valence-corrected chi connectivity index (χ4v) is 3.53. The zero-order chi connectivity index (χ0) is 16.5. The fourth-order valence-electron chi connectivity index (χ4n) is 2.91. The molecule has 6 heteroatoms. The van der Waals surface area contributed by atoms with E-state index in [9.17, 15) is 4.79 Å². The molecule has 1 aromatic carbocycles. The Morgan fingerprint density at radius 1 is 1.21 bits per heavy atom. The molecule has 0 unspecified atom stereocenters. The first-order chi connectivity index (χ1) is 11.7. The number of hydrogen-bond donors (Lipinski definition) is 2. The highest BCUT2D eigenvalue weighted by atomic mass is 32.1. The van der Waals surface area contributed by atoms with Gasteiger partial charge < -0.3 is 11.1 Å². The van der Waals surface area contributed by atoms with Crippen LogP contribution >= 0.6 is 11.3 Å². The summed E-state index contributed by atoms with van der Waals surface area (Å²) in [6, 6.07) is 9.37. The van der Waals surface area contributed by atoms with Gasteiger partial charge in [-0.2, -0.15) is 0 Å². The number of aromatic nitrogens is 2. The first kappa shape index (κ1) is 14.8. The minimum Gasteiger partial charge on any atom is -0.397 e. The van der Waals surface area contributed by atoms with Crippen molar-refractivity contribution in [1.29, 1.82) is 0 Å². The molecule has 120 valence electrons. The summed E-state index contributed by atoms with van der Waals surface area (Å²) in [6.07, 6.45) is 4.90. The van der Waals surface area contributed by atoms with Gasteiger partial charge in [0.2, 0.25) is 0 Å². The third kappa shape index (κ3) is 2.76. The van der Waals surface area contributed by atoms with E-state index >= 15 is 0 Å². The Balaban J connectivity index is 1.60. The van der Waals surface area contributed by atoms with Crippen molar-refractivity contribution in [2.24, 2.45) is 0 Å². The van der Waals surface area contributed by atoms with Crippen molar-refractivity contribution in [3.05, 3.63) is 59.0 Å². The van der Waals surface area contributed by atoms with Crippen molar-refractivity contribution >= 4 is 28.6 Å². The van der Waals surface area contributed by atoms with Gasteiger partial charge in [0.05, 0.1) is 21.8 Å². The highest BCUT2D eigenvalue weighted by molar-refractivity contribution is 7.13. The molecule has 24 heavy (non-hydrogen) atoms. The quantitative estimate of drug-likeness (QED) is 0.717. The van der Waals surface area contributed by atoms with E-state index in [1.165, 1.54) is 5.56 Å². The van der Waals surface area contributed by atoms with Crippen LogP contribution in [0.4, 0.5) is 11.4 Å². The van der Waals surface area contributed by atoms with Gasteiger partial charge in [0, 0.05) is 11.9 Å². The number of nitrogens with two attached hydrogens (primary N) is 1. The van der Waals surface area contributed by atoms with Gasteiger partial charge in [0.15, 0.2) is 0 Å². The summed E-state index contributed by atoms with van der Waals surface area (Å²) in [5.74, 6) is -0.238. The number of nitrogens with one attached hydrogen (secondary N) is 1. The molecular weight excluding hydrogens is 320 g/mol. The molecule has 1 amide bonds. The Morgan fingerprint density at radius 2 is 2.12 bits per heavy atom. The van der Waals surface area contributed by atoms with Crippen LogP contribution in [-0.4, -0.2) is 15.9 Å². The smallest absolute Gasteiger partial charge is 0.274 e. The second-order valence-corrected chi connectivity index (χ2v) is 6.66. The number of rotatable bonds is 3. The summed E-state index contributed by atoms with van der Waals surface area (Å²) < 4.78 is 0. The molecule has 1 aliphatic rings. The Morgan fingerprint density at radius 3 is 2.96 bits per heavy atom. The maximum Gasteiger partial charge on any atom is 0.274 e. The van der Waals surface area contributed by atoms with Crippen LogP contribution in [0, 0.1) is 0 Å². The number of carbonyl (C=O) groups is 1. The number of thiazole rings is 1. The lowest BCUT2D eigenvalue weighted by atomic mass is 10.1. The van der Waals surface area contributed by atoms with Gasteiger partial charge in [0.1, 0.15) is 5.69 Å². The van der Waals surface area contributed by atoms with E-state index in [-0.39, 0.29) is 5.91 Å². The monoisotopic (exact) mass is 336 g/mol. The third-order valence-electron chi connectivity index (χ3n) is 4.18. The molecule has 4 rings (SSSR count). The molecule has 3 N–H and O–H groups in total. The van der Waals surface area contributed by atoms with Crippen molar-refractivity contribution in [3.8, 4) is 10.4 Å². The lowest BCUT2D eigenvalue weighted by Gasteiger charge is -2.10. The first-order valence-corrected chi connectivity index (χ1v) is 8.67. The number of amides is 1. The molecule has 3 aromatic rings. The average molecular weight is 336 g/mol. The lowest BCUT2D eigenvalue weighted by Crippen LogP contribution is -2.15. The Bertz CT molecular complexity index is 905. The van der Waals surface area contributed by atoms with Gasteiger partial charge in [-0.05, 0) is 48.6 Å². The van der Waals surface area contributed by atoms with Gasteiger partial charge in [-0.15, -0.1) is 11.3 Å². The van der Waals surface area contributed by atoms with Crippen molar-refractivity contribution in [2.45, 2.75) is 19.3 Å². The summed E-state index contributed by atoms with van der Waals surface area (Å²) in [7, 11) is 0. The number of pyridine rings is 1. The van der Waals surface area contributed by atoms with Crippen LogP contribution in [0.2, 0.25) is 0 Å². The lowest BCUT2D eigenvalue weighted by molar-refractivity contribution is 0.102. The molecule has 0 spiro atoms. The standard InChI is InChI=1S/C18H16N4OS/c19-13-6-4-12(17-9-20-10-24-17)8-16(13)22-18(23)15-7-5-11-2-1-3-14(11)21-15/h4-10H,1-3,19H2,(H,22,23). The molecule has 0 atom stereocenters. The first-order valence-electron chi connectivity index (χ1n) is 7.79. The van der Waals surface area contributed by atoms with Crippen LogP contribution in [0.3, 0.4) is 0 Å². The van der Waals surface area contributed by atoms with Crippen molar-refractivity contribution < 1.29 is 4.79 Å². The molecular formula is C18H16N4OS. The van der Waals surface area contributed by atoms with Crippen molar-refractivity contribution in [2.75, 3.05) is 11.1 Å². The fraction of sp³-hybridized carbons (Fsp3) is 0.167. The highest BCUT2D eigenvalue weighted by Gasteiger charge is 2.16. The highest BCUT2D eigenvalue weighted by Crippen LogP contribution is 2.29. The predicted octanol–water partition coefficient (Wildman–Crippen LogP) is 3.53. The van der Waals surface area contributed by atoms with E-state index < -0.39 is 0 Å². The number of hydrogen-bond acceptors (Lipinski definition) is 5. The third-order valence-corrected chi connectivity index (χ3v) is 5.00. The molecule has 0 saturated carbocycles. The van der Waals surface area contributed by atoms with E-state index in [0.717, 1.165) is 35.4 Å². The number of aryl methyl sites for hydroxylation is 2. The Labute approximate surface area is 143 Å². The minimum atomic E-state index is -0.238. The van der Waals surface area contributed by atoms with Crippen molar-refractivity contribution in [3.63, 3.8) is 0 Å². The second kappa shape index (κ2) is 6.05. The van der Waals surface area contributed by atoms with Crippen LogP contribution in [0.25, 0.3) is 10.4 Å². The average Bonchev–Trinajstić information content (AvgIpc) is 3.27. The molecule has 0 bridgehead atoms. The number of nitrogen functional groups attached to an aromatic ring is 1. The van der Waals surface area contributed by atoms with Crippen LogP contribution in [-0.2, 0) is 12.8 Å². The summed E-state index contributed by atoms with van der Waals surface area (Å²) in [5, 5.41) is 2.88. The zero-order valence-electron chi connectivity index (χ0n) is 13.0. The molecule has 2 heterocycles. The van der Waals surface area contributed by atoms with E-state index in [1.807, 2.05) is 18.2 Å². The summed E-state index contributed by atoms with van der Waals surface area (Å²) in [4.78, 5) is 22.1. The van der Waals surface area contributed by atoms with Gasteiger partial charge in [-0.3, -0.25) is 9.78 Å². The van der Waals surface area contributed by atoms with Crippen LogP contribution < -0.4 is 11.1 Å². The maximum absolute atomic E-state index is 12.5. The van der Waals surface area contributed by atoms with Crippen LogP contribution in [0.15, 0.2) is 42.0 Å². The molecule has 0 radical (unpaired) electrons. The van der Waals surface area contributed by atoms with Gasteiger partial charge in [-0.1, -0.05) is 12.1 Å². The number of anilines is 2. The van der Waals surface area contributed by atoms with E-state index in [4.69, 9.17) is 5.73 Å². The van der Waals surface area contributed by atoms with Crippen LogP contribution in [0.1, 0.15) is 28.2 Å². The van der Waals surface area contributed by atoms with Gasteiger partial charge in [-0.25, -0.2) is 4.98 Å².